The fraction of sp³-hybridized carbons (Fsp3) is 0.0238. The molecule has 0 unspecified atom stereocenters. The van der Waals surface area contributed by atoms with E-state index in [9.17, 15) is 26.3 Å². The van der Waals surface area contributed by atoms with Crippen LogP contribution in [0.1, 0.15) is 33.4 Å². The standard InChI is InChI=1S/C42H18F3N7/c43-42(44,45)35-18-40(51-36-13-25(20-47)4-8-30(36)31-9-5-26(21-48)14-37(31)51)34(29-3-1-2-24(12-29)19-46)17-41(35)52-38-15-27(22-49)6-10-32(38)33-11-7-28(23-50)16-39(33)52/h1-18H. The Labute approximate surface area is 293 Å². The molecule has 6 aromatic carbocycles. The van der Waals surface area contributed by atoms with E-state index < -0.39 is 11.7 Å². The molecular formula is C42H18F3N7. The molecule has 0 N–H and O–H groups in total. The van der Waals surface area contributed by atoms with E-state index in [1.54, 1.807) is 89.5 Å². The molecular weight excluding hydrogens is 660 g/mol. The average Bonchev–Trinajstić information content (AvgIpc) is 3.67. The van der Waals surface area contributed by atoms with Crippen molar-refractivity contribution < 1.29 is 13.2 Å². The minimum atomic E-state index is -4.92. The van der Waals surface area contributed by atoms with Gasteiger partial charge >= 0.3 is 6.18 Å². The third-order valence-corrected chi connectivity index (χ3v) is 9.26. The van der Waals surface area contributed by atoms with Crippen molar-refractivity contribution in [2.75, 3.05) is 0 Å². The maximum atomic E-state index is 15.6. The first-order valence-electron chi connectivity index (χ1n) is 15.7. The van der Waals surface area contributed by atoms with E-state index in [2.05, 4.69) is 30.3 Å². The highest BCUT2D eigenvalue weighted by molar-refractivity contribution is 6.12. The summed E-state index contributed by atoms with van der Waals surface area (Å²) in [7, 11) is 0. The van der Waals surface area contributed by atoms with E-state index in [-0.39, 0.29) is 39.2 Å². The Morgan fingerprint density at radius 1 is 0.423 bits per heavy atom. The Morgan fingerprint density at radius 3 is 1.19 bits per heavy atom. The van der Waals surface area contributed by atoms with E-state index in [0.29, 0.717) is 54.7 Å². The summed E-state index contributed by atoms with van der Waals surface area (Å²) in [6.45, 7) is 0. The number of hydrogen-bond acceptors (Lipinski definition) is 5. The van der Waals surface area contributed by atoms with Crippen molar-refractivity contribution in [1.29, 1.82) is 26.3 Å². The predicted octanol–water partition coefficient (Wildman–Crippen LogP) is 9.92. The van der Waals surface area contributed by atoms with Crippen molar-refractivity contribution in [3.8, 4) is 52.8 Å². The van der Waals surface area contributed by atoms with Gasteiger partial charge in [-0.3, -0.25) is 0 Å². The van der Waals surface area contributed by atoms with Gasteiger partial charge in [0.1, 0.15) is 0 Å². The Bertz CT molecular complexity index is 2930. The number of halogens is 3. The highest BCUT2D eigenvalue weighted by atomic mass is 19.4. The molecule has 7 nitrogen and oxygen atoms in total. The van der Waals surface area contributed by atoms with Crippen LogP contribution in [-0.4, -0.2) is 9.13 Å². The summed E-state index contributed by atoms with van der Waals surface area (Å²) in [5, 5.41) is 51.5. The monoisotopic (exact) mass is 677 g/mol. The largest absolute Gasteiger partial charge is 0.418 e. The van der Waals surface area contributed by atoms with Crippen LogP contribution in [0.25, 0.3) is 66.1 Å². The van der Waals surface area contributed by atoms with Crippen LogP contribution in [0.15, 0.2) is 109 Å². The predicted molar refractivity (Wildman–Crippen MR) is 189 cm³/mol. The molecule has 0 atom stereocenters. The number of benzene rings is 6. The molecule has 52 heavy (non-hydrogen) atoms. The van der Waals surface area contributed by atoms with Crippen LogP contribution < -0.4 is 0 Å². The lowest BCUT2D eigenvalue weighted by Crippen LogP contribution is -2.13. The maximum Gasteiger partial charge on any atom is 0.418 e. The first-order chi connectivity index (χ1) is 25.2. The van der Waals surface area contributed by atoms with Gasteiger partial charge < -0.3 is 9.13 Å². The van der Waals surface area contributed by atoms with Crippen LogP contribution in [0.2, 0.25) is 0 Å². The van der Waals surface area contributed by atoms with Gasteiger partial charge in [0.2, 0.25) is 0 Å². The molecule has 0 aliphatic carbocycles. The Kier molecular flexibility index (Phi) is 7.04. The third-order valence-electron chi connectivity index (χ3n) is 9.26. The fourth-order valence-electron chi connectivity index (χ4n) is 7.00. The van der Waals surface area contributed by atoms with Gasteiger partial charge in [0.05, 0.1) is 97.2 Å². The van der Waals surface area contributed by atoms with Gasteiger partial charge in [-0.25, -0.2) is 0 Å². The van der Waals surface area contributed by atoms with Gasteiger partial charge in [-0.05, 0) is 78.4 Å². The molecule has 8 rings (SSSR count). The lowest BCUT2D eigenvalue weighted by molar-refractivity contribution is -0.137. The highest BCUT2D eigenvalue weighted by Crippen LogP contribution is 2.45. The molecule has 0 amide bonds. The summed E-state index contributed by atoms with van der Waals surface area (Å²) < 4.78 is 49.9. The highest BCUT2D eigenvalue weighted by Gasteiger charge is 2.37. The summed E-state index contributed by atoms with van der Waals surface area (Å²) in [6.07, 6.45) is -4.92. The summed E-state index contributed by atoms with van der Waals surface area (Å²) in [6, 6.07) is 38.9. The zero-order valence-electron chi connectivity index (χ0n) is 26.7. The molecule has 8 aromatic rings. The number of hydrogen-bond donors (Lipinski definition) is 0. The quantitative estimate of drug-likeness (QED) is 0.184. The van der Waals surface area contributed by atoms with Crippen LogP contribution in [0.5, 0.6) is 0 Å². The normalized spacial score (nSPS) is 11.3. The fourth-order valence-corrected chi connectivity index (χ4v) is 7.00. The number of alkyl halides is 3. The molecule has 0 fully saturated rings. The van der Waals surface area contributed by atoms with Crippen molar-refractivity contribution >= 4 is 43.6 Å². The summed E-state index contributed by atoms with van der Waals surface area (Å²) in [4.78, 5) is 0. The molecule has 0 saturated carbocycles. The third kappa shape index (κ3) is 4.79. The van der Waals surface area contributed by atoms with Crippen LogP contribution in [0.3, 0.4) is 0 Å². The second-order valence-electron chi connectivity index (χ2n) is 12.1. The maximum absolute atomic E-state index is 15.6. The average molecular weight is 678 g/mol. The number of nitrogens with zero attached hydrogens (tertiary/aromatic N) is 7. The number of fused-ring (bicyclic) bond motifs is 6. The summed E-state index contributed by atoms with van der Waals surface area (Å²) in [5.74, 6) is 0. The number of aromatic nitrogens is 2. The van der Waals surface area contributed by atoms with Gasteiger partial charge in [-0.1, -0.05) is 36.4 Å². The van der Waals surface area contributed by atoms with Crippen LogP contribution in [0.4, 0.5) is 13.2 Å². The van der Waals surface area contributed by atoms with Gasteiger partial charge in [-0.2, -0.15) is 39.5 Å². The SMILES string of the molecule is N#Cc1cccc(-c2cc(-n3c4cc(C#N)ccc4c4ccc(C#N)cc43)c(C(F)(F)F)cc2-n2c3cc(C#N)ccc3c3ccc(C#N)cc32)c1. The summed E-state index contributed by atoms with van der Waals surface area (Å²) >= 11 is 0. The van der Waals surface area contributed by atoms with Gasteiger partial charge in [0, 0.05) is 27.1 Å². The first kappa shape index (κ1) is 31.4. The van der Waals surface area contributed by atoms with Gasteiger partial charge in [0.25, 0.3) is 0 Å². The van der Waals surface area contributed by atoms with E-state index in [0.717, 1.165) is 6.07 Å². The molecule has 0 aliphatic rings. The zero-order valence-corrected chi connectivity index (χ0v) is 26.7. The van der Waals surface area contributed by atoms with Crippen molar-refractivity contribution in [2.45, 2.75) is 6.18 Å². The molecule has 242 valence electrons. The topological polar surface area (TPSA) is 129 Å². The van der Waals surface area contributed by atoms with Crippen LogP contribution in [-0.2, 0) is 6.18 Å². The summed E-state index contributed by atoms with van der Waals surface area (Å²) in [5.41, 5.74) is 2.39. The van der Waals surface area contributed by atoms with E-state index in [4.69, 9.17) is 0 Å². The van der Waals surface area contributed by atoms with Crippen LogP contribution >= 0.6 is 0 Å². The molecule has 0 saturated heterocycles. The molecule has 0 aliphatic heterocycles. The van der Waals surface area contributed by atoms with Gasteiger partial charge in [0.15, 0.2) is 0 Å². The van der Waals surface area contributed by atoms with Gasteiger partial charge in [-0.15, -0.1) is 0 Å². The lowest BCUT2D eigenvalue weighted by atomic mass is 9.97. The lowest BCUT2D eigenvalue weighted by Gasteiger charge is -2.22. The molecule has 0 radical (unpaired) electrons. The van der Waals surface area contributed by atoms with E-state index in [1.807, 2.05) is 0 Å². The smallest absolute Gasteiger partial charge is 0.309 e. The van der Waals surface area contributed by atoms with Crippen molar-refractivity contribution in [2.24, 2.45) is 0 Å². The van der Waals surface area contributed by atoms with Crippen molar-refractivity contribution in [3.05, 3.63) is 143 Å². The number of nitriles is 5. The molecule has 0 spiro atoms. The Morgan fingerprint density at radius 2 is 0.808 bits per heavy atom. The second-order valence-corrected chi connectivity index (χ2v) is 12.1. The van der Waals surface area contributed by atoms with E-state index in [1.165, 1.54) is 22.8 Å². The molecule has 2 aromatic heterocycles. The zero-order chi connectivity index (χ0) is 36.3. The van der Waals surface area contributed by atoms with E-state index >= 15 is 13.2 Å². The Hall–Kier alpha value is -7.84. The first-order valence-corrected chi connectivity index (χ1v) is 15.7. The second kappa shape index (κ2) is 11.6. The minimum absolute atomic E-state index is 0.0903. The van der Waals surface area contributed by atoms with Crippen molar-refractivity contribution in [1.82, 2.24) is 9.13 Å². The molecule has 2 heterocycles. The van der Waals surface area contributed by atoms with Crippen LogP contribution in [0, 0.1) is 56.7 Å². The number of rotatable bonds is 3. The Balaban J connectivity index is 1.61. The minimum Gasteiger partial charge on any atom is -0.309 e. The van der Waals surface area contributed by atoms with Crippen molar-refractivity contribution in [3.63, 3.8) is 0 Å². The molecule has 0 bridgehead atoms. The molecule has 10 heteroatoms.